The van der Waals surface area contributed by atoms with Crippen molar-refractivity contribution in [2.45, 2.75) is 27.5 Å². The van der Waals surface area contributed by atoms with Crippen molar-refractivity contribution in [3.63, 3.8) is 0 Å². The van der Waals surface area contributed by atoms with Crippen LogP contribution in [0, 0.1) is 5.92 Å². The summed E-state index contributed by atoms with van der Waals surface area (Å²) < 4.78 is 5.60. The van der Waals surface area contributed by atoms with Gasteiger partial charge in [0, 0.05) is 0 Å². The minimum Gasteiger partial charge on any atom is -0.493 e. The summed E-state index contributed by atoms with van der Waals surface area (Å²) in [6.07, 6.45) is 0. The van der Waals surface area contributed by atoms with Crippen LogP contribution in [0.3, 0.4) is 0 Å². The van der Waals surface area contributed by atoms with Crippen molar-refractivity contribution in [3.05, 3.63) is 24.3 Å². The highest BCUT2D eigenvalue weighted by atomic mass is 16.5. The fourth-order valence-electron chi connectivity index (χ4n) is 1.21. The van der Waals surface area contributed by atoms with E-state index in [1.54, 1.807) is 0 Å². The van der Waals surface area contributed by atoms with Crippen molar-refractivity contribution in [2.75, 3.05) is 6.61 Å². The Morgan fingerprint density at radius 2 is 1.71 bits per heavy atom. The summed E-state index contributed by atoms with van der Waals surface area (Å²) in [5, 5.41) is 0. The van der Waals surface area contributed by atoms with Gasteiger partial charge in [0.25, 0.3) is 0 Å². The molecule has 0 N–H and O–H groups in total. The first-order chi connectivity index (χ1) is 6.59. The highest BCUT2D eigenvalue weighted by Crippen LogP contribution is 2.09. The van der Waals surface area contributed by atoms with Crippen LogP contribution >= 0.6 is 0 Å². The lowest BCUT2D eigenvalue weighted by atomic mass is 9.49. The third kappa shape index (κ3) is 3.45. The third-order valence-corrected chi connectivity index (χ3v) is 2.13. The first-order valence-electron chi connectivity index (χ1n) is 5.32. The fourth-order valence-corrected chi connectivity index (χ4v) is 1.21. The number of hydrogen-bond acceptors (Lipinski definition) is 1. The summed E-state index contributed by atoms with van der Waals surface area (Å²) >= 11 is 0. The molecule has 0 heterocycles. The minimum atomic E-state index is 0.583. The van der Waals surface area contributed by atoms with Crippen LogP contribution in [0.1, 0.15) is 13.8 Å². The first-order valence-corrected chi connectivity index (χ1v) is 5.32. The maximum absolute atomic E-state index is 5.60. The highest BCUT2D eigenvalue weighted by Gasteiger charge is 2.02. The smallest absolute Gasteiger partial charge is 0.169 e. The molecular weight excluding hydrogens is 171 g/mol. The van der Waals surface area contributed by atoms with Gasteiger partial charge in [0.2, 0.25) is 0 Å². The van der Waals surface area contributed by atoms with Gasteiger partial charge in [-0.1, -0.05) is 45.1 Å². The van der Waals surface area contributed by atoms with Gasteiger partial charge in [0.15, 0.2) is 6.71 Å². The molecule has 1 rings (SSSR count). The zero-order valence-corrected chi connectivity index (χ0v) is 9.58. The topological polar surface area (TPSA) is 9.23 Å². The second kappa shape index (κ2) is 5.09. The van der Waals surface area contributed by atoms with Gasteiger partial charge in [-0.25, -0.2) is 0 Å². The SMILES string of the molecule is CB(C)c1ccc(OCC(C)C)cc1. The molecule has 0 bridgehead atoms. The van der Waals surface area contributed by atoms with E-state index in [1.807, 2.05) is 0 Å². The maximum Gasteiger partial charge on any atom is 0.169 e. The quantitative estimate of drug-likeness (QED) is 0.663. The summed E-state index contributed by atoms with van der Waals surface area (Å²) in [6.45, 7) is 10.1. The molecule has 1 aromatic carbocycles. The van der Waals surface area contributed by atoms with Crippen LogP contribution in [-0.2, 0) is 0 Å². The molecule has 0 atom stereocenters. The van der Waals surface area contributed by atoms with Gasteiger partial charge < -0.3 is 4.74 Å². The van der Waals surface area contributed by atoms with Crippen molar-refractivity contribution in [1.82, 2.24) is 0 Å². The lowest BCUT2D eigenvalue weighted by Gasteiger charge is -2.09. The summed E-state index contributed by atoms with van der Waals surface area (Å²) in [6, 6.07) is 8.38. The average molecular weight is 190 g/mol. The van der Waals surface area contributed by atoms with Crippen molar-refractivity contribution >= 4 is 12.2 Å². The average Bonchev–Trinajstić information content (AvgIpc) is 2.15. The van der Waals surface area contributed by atoms with Crippen molar-refractivity contribution in [2.24, 2.45) is 5.92 Å². The molecule has 1 aromatic rings. The van der Waals surface area contributed by atoms with E-state index in [0.717, 1.165) is 12.4 Å². The van der Waals surface area contributed by atoms with E-state index in [0.29, 0.717) is 12.6 Å². The molecule has 0 fully saturated rings. The van der Waals surface area contributed by atoms with Crippen LogP contribution < -0.4 is 10.2 Å². The van der Waals surface area contributed by atoms with E-state index in [-0.39, 0.29) is 0 Å². The molecule has 2 heteroatoms. The van der Waals surface area contributed by atoms with Gasteiger partial charge in [-0.05, 0) is 18.1 Å². The number of benzene rings is 1. The molecule has 0 saturated carbocycles. The Kier molecular flexibility index (Phi) is 4.06. The van der Waals surface area contributed by atoms with E-state index >= 15 is 0 Å². The molecule has 0 saturated heterocycles. The third-order valence-electron chi connectivity index (χ3n) is 2.13. The Hall–Kier alpha value is -0.915. The predicted molar refractivity (Wildman–Crippen MR) is 63.9 cm³/mol. The van der Waals surface area contributed by atoms with Crippen LogP contribution in [0.4, 0.5) is 0 Å². The van der Waals surface area contributed by atoms with Crippen molar-refractivity contribution in [1.29, 1.82) is 0 Å². The molecule has 1 nitrogen and oxygen atoms in total. The zero-order chi connectivity index (χ0) is 10.6. The number of hydrogen-bond donors (Lipinski definition) is 0. The Balaban J connectivity index is 2.55. The van der Waals surface area contributed by atoms with Crippen LogP contribution in [0.15, 0.2) is 24.3 Å². The normalized spacial score (nSPS) is 10.4. The monoisotopic (exact) mass is 190 g/mol. The van der Waals surface area contributed by atoms with Crippen LogP contribution in [0.5, 0.6) is 5.75 Å². The summed E-state index contributed by atoms with van der Waals surface area (Å²) in [5.74, 6) is 1.56. The molecular formula is C12H19BO. The second-order valence-electron chi connectivity index (χ2n) is 4.43. The Labute approximate surface area is 87.6 Å². The highest BCUT2D eigenvalue weighted by molar-refractivity contribution is 6.70. The molecule has 0 aromatic heterocycles. The number of rotatable bonds is 4. The van der Waals surface area contributed by atoms with Crippen molar-refractivity contribution < 1.29 is 4.74 Å². The van der Waals surface area contributed by atoms with Crippen LogP contribution in [0.25, 0.3) is 0 Å². The molecule has 0 spiro atoms. The van der Waals surface area contributed by atoms with Gasteiger partial charge in [-0.2, -0.15) is 0 Å². The summed E-state index contributed by atoms with van der Waals surface area (Å²) in [4.78, 5) is 0. The van der Waals surface area contributed by atoms with Gasteiger partial charge in [-0.15, -0.1) is 0 Å². The molecule has 14 heavy (non-hydrogen) atoms. The fraction of sp³-hybridized carbons (Fsp3) is 0.500. The molecule has 0 aliphatic carbocycles. The first kappa shape index (κ1) is 11.2. The predicted octanol–water partition coefficient (Wildman–Crippen LogP) is 2.68. The van der Waals surface area contributed by atoms with Crippen LogP contribution in [-0.4, -0.2) is 13.3 Å². The van der Waals surface area contributed by atoms with E-state index in [2.05, 4.69) is 51.8 Å². The maximum atomic E-state index is 5.60. The molecule has 0 radical (unpaired) electrons. The standard InChI is InChI=1S/C12H19BO/c1-10(2)9-14-12-7-5-11(6-8-12)13(3)4/h5-8,10H,9H2,1-4H3. The molecule has 0 aliphatic heterocycles. The Morgan fingerprint density at radius 3 is 2.14 bits per heavy atom. The zero-order valence-electron chi connectivity index (χ0n) is 9.58. The van der Waals surface area contributed by atoms with E-state index in [4.69, 9.17) is 4.74 Å². The molecule has 0 aliphatic rings. The van der Waals surface area contributed by atoms with E-state index in [9.17, 15) is 0 Å². The summed E-state index contributed by atoms with van der Waals surface area (Å²) in [5.41, 5.74) is 1.36. The Morgan fingerprint density at radius 1 is 1.14 bits per heavy atom. The van der Waals surface area contributed by atoms with E-state index < -0.39 is 0 Å². The second-order valence-corrected chi connectivity index (χ2v) is 4.43. The van der Waals surface area contributed by atoms with Crippen LogP contribution in [0.2, 0.25) is 13.6 Å². The lowest BCUT2D eigenvalue weighted by molar-refractivity contribution is 0.271. The van der Waals surface area contributed by atoms with Gasteiger partial charge >= 0.3 is 0 Å². The molecule has 0 unspecified atom stereocenters. The van der Waals surface area contributed by atoms with Gasteiger partial charge in [0.05, 0.1) is 6.61 Å². The van der Waals surface area contributed by atoms with Crippen molar-refractivity contribution in [3.8, 4) is 5.75 Å². The Bertz CT molecular complexity index is 264. The van der Waals surface area contributed by atoms with Gasteiger partial charge in [0.1, 0.15) is 5.75 Å². The summed E-state index contributed by atoms with van der Waals surface area (Å²) in [7, 11) is 0. The molecule has 0 amide bonds. The molecule has 76 valence electrons. The lowest BCUT2D eigenvalue weighted by Crippen LogP contribution is -2.21. The van der Waals surface area contributed by atoms with Gasteiger partial charge in [-0.3, -0.25) is 0 Å². The largest absolute Gasteiger partial charge is 0.493 e. The minimum absolute atomic E-state index is 0.583. The number of ether oxygens (including phenoxy) is 1. The van der Waals surface area contributed by atoms with E-state index in [1.165, 1.54) is 5.46 Å².